The zero-order valence-corrected chi connectivity index (χ0v) is 10.9. The lowest BCUT2D eigenvalue weighted by molar-refractivity contribution is 0.422. The summed E-state index contributed by atoms with van der Waals surface area (Å²) in [6, 6.07) is 7.81. The molecule has 5 heteroatoms. The largest absolute Gasteiger partial charge is 0.381 e. The minimum absolute atomic E-state index is 0.511. The third-order valence-corrected chi connectivity index (χ3v) is 3.73. The number of nitrogen functional groups attached to an aromatic ring is 1. The Bertz CT molecular complexity index is 583. The molecule has 1 saturated heterocycles. The van der Waals surface area contributed by atoms with Crippen LogP contribution < -0.4 is 16.4 Å². The number of aromatic nitrogens is 2. The van der Waals surface area contributed by atoms with E-state index in [4.69, 9.17) is 11.5 Å². The maximum absolute atomic E-state index is 6.06. The van der Waals surface area contributed by atoms with Gasteiger partial charge in [-0.05, 0) is 37.4 Å². The Hall–Kier alpha value is -1.88. The van der Waals surface area contributed by atoms with Crippen LogP contribution in [0.3, 0.4) is 0 Å². The molecule has 100 valence electrons. The first-order valence-corrected chi connectivity index (χ1v) is 6.75. The van der Waals surface area contributed by atoms with Crippen LogP contribution >= 0.6 is 0 Å². The first-order valence-electron chi connectivity index (χ1n) is 6.75. The maximum atomic E-state index is 6.06. The van der Waals surface area contributed by atoms with Crippen LogP contribution in [-0.2, 0) is 0 Å². The minimum atomic E-state index is 0.511. The molecular weight excluding hydrogens is 238 g/mol. The van der Waals surface area contributed by atoms with E-state index >= 15 is 0 Å². The normalized spacial score (nSPS) is 19.8. The monoisotopic (exact) mass is 257 g/mol. The van der Waals surface area contributed by atoms with E-state index < -0.39 is 0 Å². The van der Waals surface area contributed by atoms with Crippen LogP contribution in [0.2, 0.25) is 0 Å². The number of fused-ring (bicyclic) bond motifs is 1. The van der Waals surface area contributed by atoms with Gasteiger partial charge in [0.15, 0.2) is 11.6 Å². The number of piperidine rings is 1. The predicted octanol–water partition coefficient (Wildman–Crippen LogP) is 1.39. The summed E-state index contributed by atoms with van der Waals surface area (Å²) in [5.74, 6) is 1.84. The number of hydrogen-bond donors (Lipinski definition) is 2. The van der Waals surface area contributed by atoms with Crippen molar-refractivity contribution in [3.05, 3.63) is 24.3 Å². The van der Waals surface area contributed by atoms with Crippen molar-refractivity contribution in [2.24, 2.45) is 11.7 Å². The summed E-state index contributed by atoms with van der Waals surface area (Å²) in [6.45, 7) is 2.62. The fourth-order valence-corrected chi connectivity index (χ4v) is 2.69. The first-order chi connectivity index (χ1) is 9.28. The Labute approximate surface area is 112 Å². The van der Waals surface area contributed by atoms with Gasteiger partial charge in [0.05, 0.1) is 11.0 Å². The average Bonchev–Trinajstić information content (AvgIpc) is 2.46. The van der Waals surface area contributed by atoms with Gasteiger partial charge in [0.25, 0.3) is 0 Å². The highest BCUT2D eigenvalue weighted by Crippen LogP contribution is 2.26. The van der Waals surface area contributed by atoms with E-state index in [-0.39, 0.29) is 0 Å². The number of nitrogens with zero attached hydrogens (tertiary/aromatic N) is 3. The van der Waals surface area contributed by atoms with Crippen molar-refractivity contribution in [2.45, 2.75) is 12.8 Å². The molecule has 0 bridgehead atoms. The SMILES string of the molecule is NCC1CCCN(c2nc3ccccc3nc2N)C1. The first kappa shape index (κ1) is 12.2. The Morgan fingerprint density at radius 1 is 1.21 bits per heavy atom. The molecule has 0 amide bonds. The van der Waals surface area contributed by atoms with E-state index in [0.717, 1.165) is 42.9 Å². The third kappa shape index (κ3) is 2.33. The number of rotatable bonds is 2. The highest BCUT2D eigenvalue weighted by atomic mass is 15.2. The van der Waals surface area contributed by atoms with Crippen LogP contribution in [0.1, 0.15) is 12.8 Å². The van der Waals surface area contributed by atoms with Crippen LogP contribution in [0.15, 0.2) is 24.3 Å². The van der Waals surface area contributed by atoms with Crippen molar-refractivity contribution >= 4 is 22.7 Å². The number of para-hydroxylation sites is 2. The highest BCUT2D eigenvalue weighted by molar-refractivity contribution is 5.79. The fourth-order valence-electron chi connectivity index (χ4n) is 2.69. The molecule has 1 fully saturated rings. The van der Waals surface area contributed by atoms with Gasteiger partial charge < -0.3 is 16.4 Å². The second-order valence-electron chi connectivity index (χ2n) is 5.11. The van der Waals surface area contributed by atoms with E-state index in [1.165, 1.54) is 6.42 Å². The number of hydrogen-bond acceptors (Lipinski definition) is 5. The Morgan fingerprint density at radius 2 is 1.95 bits per heavy atom. The Morgan fingerprint density at radius 3 is 2.68 bits per heavy atom. The standard InChI is InChI=1S/C14H19N5/c15-8-10-4-3-7-19(9-10)14-13(16)17-11-5-1-2-6-12(11)18-14/h1-2,5-6,10H,3-4,7-9,15H2,(H2,16,17). The lowest BCUT2D eigenvalue weighted by Crippen LogP contribution is -2.39. The van der Waals surface area contributed by atoms with E-state index in [0.29, 0.717) is 11.7 Å². The zero-order chi connectivity index (χ0) is 13.2. The molecule has 19 heavy (non-hydrogen) atoms. The summed E-state index contributed by atoms with van der Waals surface area (Å²) in [7, 11) is 0. The molecule has 5 nitrogen and oxygen atoms in total. The van der Waals surface area contributed by atoms with Gasteiger partial charge in [0.1, 0.15) is 0 Å². The Balaban J connectivity index is 1.97. The van der Waals surface area contributed by atoms with Gasteiger partial charge >= 0.3 is 0 Å². The smallest absolute Gasteiger partial charge is 0.172 e. The second-order valence-corrected chi connectivity index (χ2v) is 5.11. The Kier molecular flexibility index (Phi) is 3.21. The lowest BCUT2D eigenvalue weighted by Gasteiger charge is -2.33. The predicted molar refractivity (Wildman–Crippen MR) is 77.9 cm³/mol. The van der Waals surface area contributed by atoms with Crippen LogP contribution in [0.25, 0.3) is 11.0 Å². The van der Waals surface area contributed by atoms with E-state index in [2.05, 4.69) is 14.9 Å². The van der Waals surface area contributed by atoms with Crippen molar-refractivity contribution in [3.63, 3.8) is 0 Å². The molecular formula is C14H19N5. The molecule has 0 spiro atoms. The topological polar surface area (TPSA) is 81.1 Å². The van der Waals surface area contributed by atoms with E-state index in [1.807, 2.05) is 24.3 Å². The third-order valence-electron chi connectivity index (χ3n) is 3.73. The molecule has 2 aromatic rings. The van der Waals surface area contributed by atoms with Gasteiger partial charge in [-0.2, -0.15) is 0 Å². The summed E-state index contributed by atoms with van der Waals surface area (Å²) in [4.78, 5) is 11.3. The minimum Gasteiger partial charge on any atom is -0.381 e. The molecule has 0 saturated carbocycles. The van der Waals surface area contributed by atoms with Crippen molar-refractivity contribution in [3.8, 4) is 0 Å². The van der Waals surface area contributed by atoms with Gasteiger partial charge in [0, 0.05) is 13.1 Å². The second kappa shape index (κ2) is 5.01. The van der Waals surface area contributed by atoms with Crippen LogP contribution in [0, 0.1) is 5.92 Å². The summed E-state index contributed by atoms with van der Waals surface area (Å²) >= 11 is 0. The summed E-state index contributed by atoms with van der Waals surface area (Å²) in [5, 5.41) is 0. The van der Waals surface area contributed by atoms with Crippen molar-refractivity contribution in [1.29, 1.82) is 0 Å². The number of nitrogens with two attached hydrogens (primary N) is 2. The number of benzene rings is 1. The molecule has 1 aliphatic heterocycles. The van der Waals surface area contributed by atoms with E-state index in [1.54, 1.807) is 0 Å². The molecule has 3 rings (SSSR count). The van der Waals surface area contributed by atoms with Crippen LogP contribution in [-0.4, -0.2) is 29.6 Å². The van der Waals surface area contributed by atoms with Gasteiger partial charge in [-0.1, -0.05) is 12.1 Å². The van der Waals surface area contributed by atoms with Crippen molar-refractivity contribution in [1.82, 2.24) is 9.97 Å². The summed E-state index contributed by atoms with van der Waals surface area (Å²) < 4.78 is 0. The molecule has 1 aromatic carbocycles. The molecule has 1 aliphatic rings. The van der Waals surface area contributed by atoms with Crippen LogP contribution in [0.5, 0.6) is 0 Å². The van der Waals surface area contributed by atoms with Gasteiger partial charge in [0.2, 0.25) is 0 Å². The maximum Gasteiger partial charge on any atom is 0.172 e. The molecule has 1 unspecified atom stereocenters. The van der Waals surface area contributed by atoms with Gasteiger partial charge in [-0.15, -0.1) is 0 Å². The zero-order valence-electron chi connectivity index (χ0n) is 10.9. The van der Waals surface area contributed by atoms with Gasteiger partial charge in [-0.3, -0.25) is 0 Å². The molecule has 0 radical (unpaired) electrons. The summed E-state index contributed by atoms with van der Waals surface area (Å²) in [5.41, 5.74) is 13.6. The average molecular weight is 257 g/mol. The molecule has 0 aliphatic carbocycles. The quantitative estimate of drug-likeness (QED) is 0.849. The molecule has 1 aromatic heterocycles. The molecule has 2 heterocycles. The molecule has 1 atom stereocenters. The highest BCUT2D eigenvalue weighted by Gasteiger charge is 2.22. The fraction of sp³-hybridized carbons (Fsp3) is 0.429. The molecule has 4 N–H and O–H groups in total. The lowest BCUT2D eigenvalue weighted by atomic mass is 9.98. The van der Waals surface area contributed by atoms with Gasteiger partial charge in [-0.25, -0.2) is 9.97 Å². The van der Waals surface area contributed by atoms with E-state index in [9.17, 15) is 0 Å². The van der Waals surface area contributed by atoms with Crippen molar-refractivity contribution < 1.29 is 0 Å². The number of anilines is 2. The summed E-state index contributed by atoms with van der Waals surface area (Å²) in [6.07, 6.45) is 2.32. The van der Waals surface area contributed by atoms with Crippen LogP contribution in [0.4, 0.5) is 11.6 Å². The van der Waals surface area contributed by atoms with Crippen molar-refractivity contribution in [2.75, 3.05) is 30.3 Å².